The number of ether oxygens (including phenoxy) is 3. The van der Waals surface area contributed by atoms with Crippen LogP contribution in [-0.2, 0) is 27.6 Å². The first-order valence-electron chi connectivity index (χ1n) is 9.39. The van der Waals surface area contributed by atoms with Crippen molar-refractivity contribution in [1.29, 1.82) is 0 Å². The largest absolute Gasteiger partial charge is 0.497 e. The summed E-state index contributed by atoms with van der Waals surface area (Å²) in [7, 11) is -0.484. The number of unbranched alkanes of at least 4 members (excludes halogenated alkanes) is 1. The monoisotopic (exact) mass is 402 g/mol. The fraction of sp³-hybridized carbons (Fsp3) is 0.684. The van der Waals surface area contributed by atoms with Crippen LogP contribution in [0.1, 0.15) is 51.4 Å². The van der Waals surface area contributed by atoms with E-state index in [0.29, 0.717) is 13.2 Å². The molecule has 1 aromatic rings. The fourth-order valence-electron chi connectivity index (χ4n) is 2.61. The van der Waals surface area contributed by atoms with Crippen LogP contribution >= 0.6 is 7.82 Å². The zero-order valence-corrected chi connectivity index (χ0v) is 17.5. The van der Waals surface area contributed by atoms with E-state index < -0.39 is 7.82 Å². The van der Waals surface area contributed by atoms with E-state index in [4.69, 9.17) is 27.8 Å². The summed E-state index contributed by atoms with van der Waals surface area (Å²) in [6, 6.07) is 7.67. The highest BCUT2D eigenvalue weighted by Crippen LogP contribution is 2.50. The lowest BCUT2D eigenvalue weighted by Crippen LogP contribution is -2.11. The molecule has 0 bridgehead atoms. The Labute approximate surface area is 161 Å². The lowest BCUT2D eigenvalue weighted by Gasteiger charge is -2.19. The summed E-state index contributed by atoms with van der Waals surface area (Å²) in [4.78, 5) is 0. The summed E-state index contributed by atoms with van der Waals surface area (Å²) in [6.07, 6.45) is 2.73. The van der Waals surface area contributed by atoms with Crippen LogP contribution < -0.4 is 4.74 Å². The number of rotatable bonds is 12. The van der Waals surface area contributed by atoms with Gasteiger partial charge in [0.15, 0.2) is 6.29 Å². The van der Waals surface area contributed by atoms with Gasteiger partial charge in [-0.3, -0.25) is 13.6 Å². The molecule has 154 valence electrons. The van der Waals surface area contributed by atoms with Gasteiger partial charge in [0.25, 0.3) is 0 Å². The Kier molecular flexibility index (Phi) is 9.22. The summed E-state index contributed by atoms with van der Waals surface area (Å²) in [5, 5.41) is 0. The van der Waals surface area contributed by atoms with E-state index in [1.54, 1.807) is 7.11 Å². The van der Waals surface area contributed by atoms with Gasteiger partial charge in [0, 0.05) is 12.7 Å². The third kappa shape index (κ3) is 7.18. The van der Waals surface area contributed by atoms with Crippen molar-refractivity contribution in [2.45, 2.75) is 58.0 Å². The van der Waals surface area contributed by atoms with Crippen LogP contribution in [0, 0.1) is 0 Å². The van der Waals surface area contributed by atoms with Gasteiger partial charge in [-0.15, -0.1) is 0 Å². The summed E-state index contributed by atoms with van der Waals surface area (Å²) in [5.41, 5.74) is 0.977. The van der Waals surface area contributed by atoms with Crippen molar-refractivity contribution >= 4 is 7.82 Å². The molecule has 1 aliphatic rings. The topological polar surface area (TPSA) is 72.5 Å². The molecule has 1 aliphatic heterocycles. The standard InChI is InChI=1S/C19H31O7P/c1-5-15(2)26-27(20,22-4)24-13-7-6-8-18-14-23-19(25-18)16-9-11-17(21-3)12-10-16/h9-12,15,18-19H,5-8,13-14H2,1-4H3. The lowest BCUT2D eigenvalue weighted by atomic mass is 10.2. The Bertz CT molecular complexity index is 592. The maximum absolute atomic E-state index is 12.3. The molecular weight excluding hydrogens is 371 g/mol. The predicted molar refractivity (Wildman–Crippen MR) is 102 cm³/mol. The van der Waals surface area contributed by atoms with Crippen molar-refractivity contribution in [2.75, 3.05) is 27.4 Å². The van der Waals surface area contributed by atoms with Crippen molar-refractivity contribution in [3.63, 3.8) is 0 Å². The minimum atomic E-state index is -3.46. The van der Waals surface area contributed by atoms with Gasteiger partial charge in [0.05, 0.1) is 32.5 Å². The molecule has 8 heteroatoms. The summed E-state index contributed by atoms with van der Waals surface area (Å²) in [5.74, 6) is 0.805. The molecule has 4 unspecified atom stereocenters. The molecule has 1 saturated heterocycles. The van der Waals surface area contributed by atoms with Gasteiger partial charge in [-0.25, -0.2) is 4.57 Å². The second-order valence-electron chi connectivity index (χ2n) is 6.48. The molecular formula is C19H31O7P. The molecule has 1 fully saturated rings. The van der Waals surface area contributed by atoms with E-state index in [1.165, 1.54) is 7.11 Å². The third-order valence-electron chi connectivity index (χ3n) is 4.41. The van der Waals surface area contributed by atoms with Crippen LogP contribution in [0.15, 0.2) is 24.3 Å². The molecule has 4 atom stereocenters. The highest BCUT2D eigenvalue weighted by Gasteiger charge is 2.28. The zero-order chi connectivity index (χ0) is 19.7. The van der Waals surface area contributed by atoms with E-state index in [-0.39, 0.29) is 18.5 Å². The Morgan fingerprint density at radius 1 is 1.22 bits per heavy atom. The maximum Gasteiger partial charge on any atom is 0.474 e. The number of phosphoric acid groups is 1. The van der Waals surface area contributed by atoms with E-state index >= 15 is 0 Å². The van der Waals surface area contributed by atoms with Gasteiger partial charge in [-0.2, -0.15) is 0 Å². The first-order chi connectivity index (χ1) is 13.0. The number of hydrogen-bond donors (Lipinski definition) is 0. The van der Waals surface area contributed by atoms with E-state index in [9.17, 15) is 4.57 Å². The first-order valence-corrected chi connectivity index (χ1v) is 10.9. The second-order valence-corrected chi connectivity index (χ2v) is 8.21. The average molecular weight is 402 g/mol. The molecule has 7 nitrogen and oxygen atoms in total. The summed E-state index contributed by atoms with van der Waals surface area (Å²) >= 11 is 0. The molecule has 0 saturated carbocycles. The minimum Gasteiger partial charge on any atom is -0.497 e. The number of hydrogen-bond acceptors (Lipinski definition) is 7. The zero-order valence-electron chi connectivity index (χ0n) is 16.6. The molecule has 0 N–H and O–H groups in total. The van der Waals surface area contributed by atoms with Gasteiger partial charge in [-0.1, -0.05) is 19.1 Å². The van der Waals surface area contributed by atoms with Crippen LogP contribution in [0.4, 0.5) is 0 Å². The molecule has 1 aromatic carbocycles. The lowest BCUT2D eigenvalue weighted by molar-refractivity contribution is -0.0614. The smallest absolute Gasteiger partial charge is 0.474 e. The molecule has 1 heterocycles. The molecule has 27 heavy (non-hydrogen) atoms. The SMILES string of the molecule is CCC(C)OP(=O)(OC)OCCCCC1COC(c2ccc(OC)cc2)O1. The maximum atomic E-state index is 12.3. The van der Waals surface area contributed by atoms with Gasteiger partial charge in [0.2, 0.25) is 0 Å². The molecule has 0 spiro atoms. The van der Waals surface area contributed by atoms with Crippen molar-refractivity contribution in [1.82, 2.24) is 0 Å². The minimum absolute atomic E-state index is 0.0442. The van der Waals surface area contributed by atoms with Crippen LogP contribution in [0.25, 0.3) is 0 Å². The number of methoxy groups -OCH3 is 1. The molecule has 0 radical (unpaired) electrons. The van der Waals surface area contributed by atoms with Gasteiger partial charge in [-0.05, 0) is 44.7 Å². The summed E-state index contributed by atoms with van der Waals surface area (Å²) < 4.78 is 44.8. The summed E-state index contributed by atoms with van der Waals surface area (Å²) in [6.45, 7) is 4.67. The fourth-order valence-corrected chi connectivity index (χ4v) is 3.80. The average Bonchev–Trinajstić information content (AvgIpc) is 3.16. The van der Waals surface area contributed by atoms with Crippen LogP contribution in [0.2, 0.25) is 0 Å². The molecule has 2 rings (SSSR count). The van der Waals surface area contributed by atoms with E-state index in [0.717, 1.165) is 37.0 Å². The Hall–Kier alpha value is -0.950. The highest BCUT2D eigenvalue weighted by molar-refractivity contribution is 7.48. The van der Waals surface area contributed by atoms with E-state index in [2.05, 4.69) is 0 Å². The molecule has 0 aromatic heterocycles. The van der Waals surface area contributed by atoms with Gasteiger partial charge >= 0.3 is 7.82 Å². The van der Waals surface area contributed by atoms with Crippen molar-refractivity contribution in [3.8, 4) is 5.75 Å². The number of phosphoric ester groups is 1. The Morgan fingerprint density at radius 2 is 1.96 bits per heavy atom. The predicted octanol–water partition coefficient (Wildman–Crippen LogP) is 4.87. The van der Waals surface area contributed by atoms with Crippen molar-refractivity contribution < 1.29 is 32.3 Å². The van der Waals surface area contributed by atoms with Crippen molar-refractivity contribution in [3.05, 3.63) is 29.8 Å². The normalized spacial score (nSPS) is 23.1. The number of benzene rings is 1. The van der Waals surface area contributed by atoms with Crippen LogP contribution in [0.5, 0.6) is 5.75 Å². The molecule has 0 amide bonds. The Balaban J connectivity index is 1.65. The van der Waals surface area contributed by atoms with Gasteiger partial charge < -0.3 is 14.2 Å². The van der Waals surface area contributed by atoms with E-state index in [1.807, 2.05) is 38.1 Å². The highest BCUT2D eigenvalue weighted by atomic mass is 31.2. The molecule has 0 aliphatic carbocycles. The van der Waals surface area contributed by atoms with Crippen LogP contribution in [-0.4, -0.2) is 39.6 Å². The Morgan fingerprint density at radius 3 is 2.59 bits per heavy atom. The second kappa shape index (κ2) is 11.1. The van der Waals surface area contributed by atoms with Crippen molar-refractivity contribution in [2.24, 2.45) is 0 Å². The van der Waals surface area contributed by atoms with Gasteiger partial charge in [0.1, 0.15) is 5.75 Å². The first kappa shape index (κ1) is 22.3. The van der Waals surface area contributed by atoms with Crippen LogP contribution in [0.3, 0.4) is 0 Å². The third-order valence-corrected chi connectivity index (χ3v) is 5.98. The quantitative estimate of drug-likeness (QED) is 0.365.